The number of phenolic OH excluding ortho intramolecular Hbond substituents is 1. The van der Waals surface area contributed by atoms with Crippen LogP contribution < -0.4 is 10.1 Å². The van der Waals surface area contributed by atoms with Gasteiger partial charge in [0.25, 0.3) is 0 Å². The number of rotatable bonds is 3. The molecule has 0 aromatic heterocycles. The largest absolute Gasteiger partial charge is 0.508 e. The van der Waals surface area contributed by atoms with Crippen LogP contribution >= 0.6 is 0 Å². The van der Waals surface area contributed by atoms with Crippen molar-refractivity contribution < 1.29 is 9.84 Å². The van der Waals surface area contributed by atoms with Crippen molar-refractivity contribution >= 4 is 0 Å². The number of aromatic hydroxyl groups is 1. The molecular formula is C13H19NO2. The van der Waals surface area contributed by atoms with Crippen LogP contribution in [-0.2, 0) is 0 Å². The molecule has 0 aliphatic carbocycles. The van der Waals surface area contributed by atoms with Gasteiger partial charge >= 0.3 is 0 Å². The number of nitrogens with one attached hydrogen (secondary N) is 1. The zero-order valence-electron chi connectivity index (χ0n) is 10.0. The summed E-state index contributed by atoms with van der Waals surface area (Å²) in [4.78, 5) is 0. The van der Waals surface area contributed by atoms with Gasteiger partial charge in [-0.2, -0.15) is 0 Å². The smallest absolute Gasteiger partial charge is 0.127 e. The Morgan fingerprint density at radius 3 is 2.81 bits per heavy atom. The molecule has 0 amide bonds. The van der Waals surface area contributed by atoms with Crippen molar-refractivity contribution in [1.29, 1.82) is 0 Å². The van der Waals surface area contributed by atoms with E-state index in [1.807, 2.05) is 6.07 Å². The Kier molecular flexibility index (Phi) is 3.06. The SMILES string of the molecule is CC(C)C(C)NC1COc2cc(O)ccc21. The van der Waals surface area contributed by atoms with Gasteiger partial charge in [0.2, 0.25) is 0 Å². The lowest BCUT2D eigenvalue weighted by Crippen LogP contribution is -2.35. The maximum Gasteiger partial charge on any atom is 0.127 e. The van der Waals surface area contributed by atoms with Crippen LogP contribution in [0.5, 0.6) is 11.5 Å². The summed E-state index contributed by atoms with van der Waals surface area (Å²) < 4.78 is 5.55. The third-order valence-electron chi connectivity index (χ3n) is 3.24. The van der Waals surface area contributed by atoms with Gasteiger partial charge in [-0.25, -0.2) is 0 Å². The molecule has 2 atom stereocenters. The first-order valence-electron chi connectivity index (χ1n) is 5.79. The first-order chi connectivity index (χ1) is 7.58. The fourth-order valence-electron chi connectivity index (χ4n) is 1.85. The molecule has 0 saturated carbocycles. The second-order valence-electron chi connectivity index (χ2n) is 4.79. The van der Waals surface area contributed by atoms with Gasteiger partial charge in [-0.15, -0.1) is 0 Å². The highest BCUT2D eigenvalue weighted by Gasteiger charge is 2.25. The summed E-state index contributed by atoms with van der Waals surface area (Å²) >= 11 is 0. The lowest BCUT2D eigenvalue weighted by Gasteiger charge is -2.21. The maximum atomic E-state index is 9.35. The molecule has 2 rings (SSSR count). The molecule has 0 fully saturated rings. The van der Waals surface area contributed by atoms with Crippen molar-refractivity contribution in [3.05, 3.63) is 23.8 Å². The van der Waals surface area contributed by atoms with Crippen LogP contribution in [0.15, 0.2) is 18.2 Å². The molecule has 1 aliphatic heterocycles. The number of phenols is 1. The minimum absolute atomic E-state index is 0.244. The number of hydrogen-bond acceptors (Lipinski definition) is 3. The highest BCUT2D eigenvalue weighted by molar-refractivity contribution is 5.44. The number of hydrogen-bond donors (Lipinski definition) is 2. The number of ether oxygens (including phenoxy) is 1. The van der Waals surface area contributed by atoms with Crippen molar-refractivity contribution in [3.8, 4) is 11.5 Å². The monoisotopic (exact) mass is 221 g/mol. The fourth-order valence-corrected chi connectivity index (χ4v) is 1.85. The van der Waals surface area contributed by atoms with Gasteiger partial charge in [0.15, 0.2) is 0 Å². The molecule has 1 heterocycles. The molecule has 88 valence electrons. The second kappa shape index (κ2) is 4.34. The van der Waals surface area contributed by atoms with Gasteiger partial charge in [-0.05, 0) is 25.0 Å². The first kappa shape index (κ1) is 11.3. The van der Waals surface area contributed by atoms with Crippen molar-refractivity contribution in [2.75, 3.05) is 6.61 Å². The van der Waals surface area contributed by atoms with Gasteiger partial charge in [0.1, 0.15) is 18.1 Å². The fraction of sp³-hybridized carbons (Fsp3) is 0.538. The molecule has 16 heavy (non-hydrogen) atoms. The molecule has 0 spiro atoms. The van der Waals surface area contributed by atoms with Gasteiger partial charge in [0.05, 0.1) is 6.04 Å². The van der Waals surface area contributed by atoms with Crippen molar-refractivity contribution in [2.45, 2.75) is 32.9 Å². The minimum atomic E-state index is 0.244. The molecule has 0 radical (unpaired) electrons. The summed E-state index contributed by atoms with van der Waals surface area (Å²) in [6.45, 7) is 7.23. The molecule has 1 aromatic carbocycles. The van der Waals surface area contributed by atoms with Crippen LogP contribution in [0.2, 0.25) is 0 Å². The minimum Gasteiger partial charge on any atom is -0.508 e. The van der Waals surface area contributed by atoms with Crippen molar-refractivity contribution in [2.24, 2.45) is 5.92 Å². The Labute approximate surface area is 96.4 Å². The maximum absolute atomic E-state index is 9.35. The van der Waals surface area contributed by atoms with Crippen LogP contribution in [-0.4, -0.2) is 17.8 Å². The third kappa shape index (κ3) is 2.14. The number of benzene rings is 1. The molecule has 1 aromatic rings. The zero-order chi connectivity index (χ0) is 11.7. The Bertz CT molecular complexity index is 376. The molecule has 3 heteroatoms. The predicted molar refractivity (Wildman–Crippen MR) is 63.8 cm³/mol. The molecule has 0 saturated heterocycles. The van der Waals surface area contributed by atoms with E-state index in [1.54, 1.807) is 12.1 Å². The van der Waals surface area contributed by atoms with E-state index in [0.29, 0.717) is 18.6 Å². The van der Waals surface area contributed by atoms with E-state index >= 15 is 0 Å². The highest BCUT2D eigenvalue weighted by Crippen LogP contribution is 2.35. The van der Waals surface area contributed by atoms with Crippen molar-refractivity contribution in [3.63, 3.8) is 0 Å². The molecule has 2 unspecified atom stereocenters. The zero-order valence-corrected chi connectivity index (χ0v) is 10.0. The van der Waals surface area contributed by atoms with E-state index < -0.39 is 0 Å². The second-order valence-corrected chi connectivity index (χ2v) is 4.79. The summed E-state index contributed by atoms with van der Waals surface area (Å²) in [6, 6.07) is 6.02. The Balaban J connectivity index is 2.12. The van der Waals surface area contributed by atoms with E-state index in [0.717, 1.165) is 11.3 Å². The lowest BCUT2D eigenvalue weighted by molar-refractivity contribution is 0.284. The standard InChI is InChI=1S/C13H19NO2/c1-8(2)9(3)14-12-7-16-13-6-10(15)4-5-11(12)13/h4-6,8-9,12,14-15H,7H2,1-3H3. The van der Waals surface area contributed by atoms with E-state index in [9.17, 15) is 5.11 Å². The normalized spacial score (nSPS) is 20.6. The van der Waals surface area contributed by atoms with Crippen LogP contribution in [0.4, 0.5) is 0 Å². The van der Waals surface area contributed by atoms with Gasteiger partial charge in [-0.3, -0.25) is 0 Å². The average Bonchev–Trinajstić information content (AvgIpc) is 2.60. The molecule has 3 nitrogen and oxygen atoms in total. The topological polar surface area (TPSA) is 41.5 Å². The molecule has 2 N–H and O–H groups in total. The summed E-state index contributed by atoms with van der Waals surface area (Å²) in [5.41, 5.74) is 1.14. The quantitative estimate of drug-likeness (QED) is 0.823. The van der Waals surface area contributed by atoms with Crippen LogP contribution in [0.1, 0.15) is 32.4 Å². The summed E-state index contributed by atoms with van der Waals surface area (Å²) in [5, 5.41) is 12.9. The Morgan fingerprint density at radius 2 is 2.12 bits per heavy atom. The van der Waals surface area contributed by atoms with Crippen LogP contribution in [0, 0.1) is 5.92 Å². The molecule has 0 bridgehead atoms. The lowest BCUT2D eigenvalue weighted by atomic mass is 10.0. The van der Waals surface area contributed by atoms with Crippen LogP contribution in [0.3, 0.4) is 0 Å². The van der Waals surface area contributed by atoms with E-state index in [2.05, 4.69) is 26.1 Å². The first-order valence-corrected chi connectivity index (χ1v) is 5.79. The Hall–Kier alpha value is -1.22. The molecular weight excluding hydrogens is 202 g/mol. The van der Waals surface area contributed by atoms with Crippen LogP contribution in [0.25, 0.3) is 0 Å². The van der Waals surface area contributed by atoms with Gasteiger partial charge < -0.3 is 15.2 Å². The van der Waals surface area contributed by atoms with Gasteiger partial charge in [-0.1, -0.05) is 13.8 Å². The number of fused-ring (bicyclic) bond motifs is 1. The predicted octanol–water partition coefficient (Wildman–Crippen LogP) is 2.46. The third-order valence-corrected chi connectivity index (χ3v) is 3.24. The van der Waals surface area contributed by atoms with E-state index in [1.165, 1.54) is 0 Å². The van der Waals surface area contributed by atoms with Gasteiger partial charge in [0, 0.05) is 17.7 Å². The molecule has 1 aliphatic rings. The highest BCUT2D eigenvalue weighted by atomic mass is 16.5. The van der Waals surface area contributed by atoms with E-state index in [-0.39, 0.29) is 11.8 Å². The van der Waals surface area contributed by atoms with Crippen molar-refractivity contribution in [1.82, 2.24) is 5.32 Å². The average molecular weight is 221 g/mol. The summed E-state index contributed by atoms with van der Waals surface area (Å²) in [5.74, 6) is 1.66. The van der Waals surface area contributed by atoms with E-state index in [4.69, 9.17) is 4.74 Å². The summed E-state index contributed by atoms with van der Waals surface area (Å²) in [6.07, 6.45) is 0. The summed E-state index contributed by atoms with van der Waals surface area (Å²) in [7, 11) is 0. The Morgan fingerprint density at radius 1 is 1.38 bits per heavy atom.